The molecule has 0 aliphatic carbocycles. The molecule has 1 atom stereocenters. The lowest BCUT2D eigenvalue weighted by Crippen LogP contribution is -2.53. The number of benzene rings is 4. The van der Waals surface area contributed by atoms with Gasteiger partial charge in [-0.15, -0.1) is 0 Å². The molecule has 0 heterocycles. The Morgan fingerprint density at radius 1 is 0.818 bits per heavy atom. The highest BCUT2D eigenvalue weighted by molar-refractivity contribution is 7.92. The van der Waals surface area contributed by atoms with Crippen molar-refractivity contribution in [3.8, 4) is 11.5 Å². The van der Waals surface area contributed by atoms with E-state index >= 15 is 0 Å². The predicted octanol–water partition coefficient (Wildman–Crippen LogP) is 4.59. The van der Waals surface area contributed by atoms with Crippen molar-refractivity contribution in [3.05, 3.63) is 120 Å². The van der Waals surface area contributed by atoms with Gasteiger partial charge in [-0.25, -0.2) is 8.42 Å². The topological polar surface area (TPSA) is 105 Å². The molecule has 0 aromatic heterocycles. The van der Waals surface area contributed by atoms with Crippen LogP contribution >= 0.6 is 0 Å². The van der Waals surface area contributed by atoms with Gasteiger partial charge in [-0.2, -0.15) is 0 Å². The molecular formula is C34H37N3O6S. The van der Waals surface area contributed by atoms with E-state index in [9.17, 15) is 18.0 Å². The number of ether oxygens (including phenoxy) is 2. The quantitative estimate of drug-likeness (QED) is 0.236. The summed E-state index contributed by atoms with van der Waals surface area (Å²) in [4.78, 5) is 29.2. The Balaban J connectivity index is 1.80. The summed E-state index contributed by atoms with van der Waals surface area (Å²) in [7, 11) is 0.120. The van der Waals surface area contributed by atoms with Gasteiger partial charge in [0.2, 0.25) is 11.8 Å². The van der Waals surface area contributed by atoms with E-state index in [2.05, 4.69) is 5.32 Å². The zero-order valence-electron chi connectivity index (χ0n) is 25.3. The summed E-state index contributed by atoms with van der Waals surface area (Å²) in [6, 6.07) is 28.8. The second-order valence-corrected chi connectivity index (χ2v) is 12.0. The van der Waals surface area contributed by atoms with Gasteiger partial charge in [0.25, 0.3) is 10.0 Å². The van der Waals surface area contributed by atoms with Crippen molar-refractivity contribution >= 4 is 27.5 Å². The van der Waals surface area contributed by atoms with Crippen LogP contribution in [-0.4, -0.2) is 59.0 Å². The van der Waals surface area contributed by atoms with Crippen molar-refractivity contribution in [1.29, 1.82) is 0 Å². The minimum Gasteiger partial charge on any atom is -0.493 e. The first-order valence-corrected chi connectivity index (χ1v) is 15.5. The monoisotopic (exact) mass is 615 g/mol. The van der Waals surface area contributed by atoms with Crippen molar-refractivity contribution in [2.75, 3.05) is 32.1 Å². The van der Waals surface area contributed by atoms with Gasteiger partial charge in [0.05, 0.1) is 24.8 Å². The normalized spacial score (nSPS) is 11.7. The van der Waals surface area contributed by atoms with Crippen molar-refractivity contribution in [1.82, 2.24) is 10.2 Å². The largest absolute Gasteiger partial charge is 0.493 e. The first kappa shape index (κ1) is 32.1. The molecule has 44 heavy (non-hydrogen) atoms. The lowest BCUT2D eigenvalue weighted by Gasteiger charge is -2.34. The first-order valence-electron chi connectivity index (χ1n) is 14.1. The maximum absolute atomic E-state index is 14.4. The van der Waals surface area contributed by atoms with Crippen LogP contribution in [0.25, 0.3) is 0 Å². The summed E-state index contributed by atoms with van der Waals surface area (Å²) < 4.78 is 40.1. The Hall–Kier alpha value is -4.83. The van der Waals surface area contributed by atoms with E-state index in [4.69, 9.17) is 9.47 Å². The molecule has 10 heteroatoms. The fourth-order valence-electron chi connectivity index (χ4n) is 4.92. The van der Waals surface area contributed by atoms with Crippen molar-refractivity contribution in [2.45, 2.75) is 30.8 Å². The number of nitrogens with one attached hydrogen (secondary N) is 1. The number of hydrogen-bond donors (Lipinski definition) is 1. The molecule has 0 aliphatic rings. The molecule has 4 aromatic carbocycles. The van der Waals surface area contributed by atoms with Crippen molar-refractivity contribution < 1.29 is 27.5 Å². The Morgan fingerprint density at radius 3 is 2.05 bits per heavy atom. The minimum absolute atomic E-state index is 0.0793. The van der Waals surface area contributed by atoms with Crippen LogP contribution in [0.1, 0.15) is 16.7 Å². The number of aryl methyl sites for hydroxylation is 1. The van der Waals surface area contributed by atoms with Crippen molar-refractivity contribution in [3.63, 3.8) is 0 Å². The molecule has 1 N–H and O–H groups in total. The van der Waals surface area contributed by atoms with Crippen LogP contribution in [0.15, 0.2) is 108 Å². The third kappa shape index (κ3) is 7.38. The third-order valence-corrected chi connectivity index (χ3v) is 9.16. The smallest absolute Gasteiger partial charge is 0.264 e. The molecule has 0 fully saturated rings. The molecule has 0 unspecified atom stereocenters. The van der Waals surface area contributed by atoms with Gasteiger partial charge >= 0.3 is 0 Å². The third-order valence-electron chi connectivity index (χ3n) is 7.39. The number of nitrogens with zero attached hydrogens (tertiary/aromatic N) is 2. The van der Waals surface area contributed by atoms with E-state index in [1.807, 2.05) is 61.5 Å². The zero-order valence-corrected chi connectivity index (χ0v) is 26.1. The number of methoxy groups -OCH3 is 2. The highest BCUT2D eigenvalue weighted by atomic mass is 32.2. The Kier molecular flexibility index (Phi) is 10.6. The minimum atomic E-state index is -4.28. The van der Waals surface area contributed by atoms with E-state index in [1.165, 1.54) is 44.4 Å². The summed E-state index contributed by atoms with van der Waals surface area (Å²) >= 11 is 0. The maximum atomic E-state index is 14.4. The average Bonchev–Trinajstić information content (AvgIpc) is 3.05. The average molecular weight is 616 g/mol. The number of carbonyl (C=O) groups is 2. The number of rotatable bonds is 13. The number of anilines is 1. The fourth-order valence-corrected chi connectivity index (χ4v) is 6.35. The Morgan fingerprint density at radius 2 is 1.43 bits per heavy atom. The van der Waals surface area contributed by atoms with Crippen LogP contribution < -0.4 is 19.1 Å². The summed E-state index contributed by atoms with van der Waals surface area (Å²) in [6.45, 7) is 1.49. The van der Waals surface area contributed by atoms with Crippen LogP contribution in [0.2, 0.25) is 0 Å². The zero-order chi connectivity index (χ0) is 31.7. The molecular weight excluding hydrogens is 578 g/mol. The van der Waals surface area contributed by atoms with Gasteiger partial charge < -0.3 is 19.7 Å². The van der Waals surface area contributed by atoms with Gasteiger partial charge in [0, 0.05) is 26.1 Å². The molecule has 0 spiro atoms. The Labute approximate surface area is 259 Å². The summed E-state index contributed by atoms with van der Waals surface area (Å²) in [5.41, 5.74) is 2.95. The molecule has 4 rings (SSSR count). The fraction of sp³-hybridized carbons (Fsp3) is 0.235. The second-order valence-electron chi connectivity index (χ2n) is 10.1. The summed E-state index contributed by atoms with van der Waals surface area (Å²) in [6.07, 6.45) is 0.242. The molecule has 0 bridgehead atoms. The number of sulfonamides is 1. The van der Waals surface area contributed by atoms with Gasteiger partial charge in [-0.3, -0.25) is 13.9 Å². The van der Waals surface area contributed by atoms with E-state index in [-0.39, 0.29) is 29.5 Å². The Bertz CT molecular complexity index is 1680. The molecule has 0 saturated carbocycles. The number of amides is 2. The summed E-state index contributed by atoms with van der Waals surface area (Å²) in [5, 5.41) is 2.70. The number of likely N-dealkylation sites (N-methyl/N-ethyl adjacent to an activating group) is 1. The molecule has 0 saturated heterocycles. The van der Waals surface area contributed by atoms with E-state index < -0.39 is 28.5 Å². The number of carbonyl (C=O) groups excluding carboxylic acids is 2. The van der Waals surface area contributed by atoms with Crippen LogP contribution in [0, 0.1) is 6.92 Å². The lowest BCUT2D eigenvalue weighted by molar-refractivity contribution is -0.139. The SMILES string of the molecule is CNC(=O)[C@H](Cc1ccccc1)N(Cc1ccccc1C)C(=O)CN(c1ccccc1)S(=O)(=O)c1ccc(OC)c(OC)c1. The predicted molar refractivity (Wildman–Crippen MR) is 170 cm³/mol. The molecule has 9 nitrogen and oxygen atoms in total. The van der Waals surface area contributed by atoms with Crippen LogP contribution in [0.4, 0.5) is 5.69 Å². The molecule has 230 valence electrons. The second kappa shape index (κ2) is 14.6. The summed E-state index contributed by atoms with van der Waals surface area (Å²) in [5.74, 6) is -0.292. The van der Waals surface area contributed by atoms with E-state index in [0.29, 0.717) is 11.4 Å². The molecule has 2 amide bonds. The van der Waals surface area contributed by atoms with Gasteiger partial charge in [-0.05, 0) is 47.9 Å². The van der Waals surface area contributed by atoms with Gasteiger partial charge in [0.1, 0.15) is 12.6 Å². The van der Waals surface area contributed by atoms with Crippen LogP contribution in [0.5, 0.6) is 11.5 Å². The van der Waals surface area contributed by atoms with Crippen LogP contribution in [0.3, 0.4) is 0 Å². The highest BCUT2D eigenvalue weighted by Gasteiger charge is 2.34. The van der Waals surface area contributed by atoms with Crippen LogP contribution in [-0.2, 0) is 32.6 Å². The van der Waals surface area contributed by atoms with E-state index in [0.717, 1.165) is 21.0 Å². The lowest BCUT2D eigenvalue weighted by atomic mass is 10.0. The first-order chi connectivity index (χ1) is 21.2. The standard InChI is InChI=1S/C34H37N3O6S/c1-25-13-11-12-16-27(25)23-36(30(34(39)35-2)21-26-14-7-5-8-15-26)33(38)24-37(28-17-9-6-10-18-28)44(40,41)29-19-20-31(42-3)32(22-29)43-4/h5-20,22,30H,21,23-24H2,1-4H3,(H,35,39)/t30-/m0/s1. The highest BCUT2D eigenvalue weighted by Crippen LogP contribution is 2.32. The van der Waals surface area contributed by atoms with Crippen molar-refractivity contribution in [2.24, 2.45) is 0 Å². The maximum Gasteiger partial charge on any atom is 0.264 e. The van der Waals surface area contributed by atoms with Gasteiger partial charge in [0.15, 0.2) is 11.5 Å². The number of hydrogen-bond acceptors (Lipinski definition) is 6. The van der Waals surface area contributed by atoms with E-state index in [1.54, 1.807) is 30.3 Å². The molecule has 0 radical (unpaired) electrons. The number of para-hydroxylation sites is 1. The molecule has 0 aliphatic heterocycles. The van der Waals surface area contributed by atoms with Gasteiger partial charge in [-0.1, -0.05) is 72.8 Å². The molecule has 4 aromatic rings.